The number of imide groups is 1. The molecule has 182 valence electrons. The van der Waals surface area contributed by atoms with Crippen LogP contribution in [0.4, 0.5) is 16.2 Å². The highest BCUT2D eigenvalue weighted by Crippen LogP contribution is 2.39. The Kier molecular flexibility index (Phi) is 7.25. The molecular weight excluding hydrogens is 533 g/mol. The van der Waals surface area contributed by atoms with Crippen LogP contribution in [0.2, 0.25) is 10.0 Å². The van der Waals surface area contributed by atoms with Gasteiger partial charge >= 0.3 is 5.69 Å². The van der Waals surface area contributed by atoms with Gasteiger partial charge in [0.2, 0.25) is 5.75 Å². The van der Waals surface area contributed by atoms with E-state index in [2.05, 4.69) is 0 Å². The van der Waals surface area contributed by atoms with E-state index >= 15 is 0 Å². The Morgan fingerprint density at radius 1 is 0.917 bits per heavy atom. The summed E-state index contributed by atoms with van der Waals surface area (Å²) in [5.74, 6) is -0.666. The van der Waals surface area contributed by atoms with Gasteiger partial charge in [-0.25, -0.2) is 0 Å². The first-order valence-corrected chi connectivity index (χ1v) is 11.6. The maximum absolute atomic E-state index is 13.0. The Morgan fingerprint density at radius 2 is 1.61 bits per heavy atom. The molecule has 0 saturated carbocycles. The van der Waals surface area contributed by atoms with E-state index in [9.17, 15) is 29.8 Å². The summed E-state index contributed by atoms with van der Waals surface area (Å²) in [5, 5.41) is 22.5. The molecule has 10 nitrogen and oxygen atoms in total. The predicted octanol–water partition coefficient (Wildman–Crippen LogP) is 6.84. The molecule has 1 heterocycles. The summed E-state index contributed by atoms with van der Waals surface area (Å²) in [5.41, 5.74) is -0.282. The molecule has 0 aromatic heterocycles. The molecular formula is C23H13Cl2N3O7S. The highest BCUT2D eigenvalue weighted by molar-refractivity contribution is 8.18. The molecule has 1 aliphatic heterocycles. The van der Waals surface area contributed by atoms with Gasteiger partial charge in [0.05, 0.1) is 27.4 Å². The van der Waals surface area contributed by atoms with Crippen LogP contribution >= 0.6 is 35.0 Å². The quantitative estimate of drug-likeness (QED) is 0.179. The summed E-state index contributed by atoms with van der Waals surface area (Å²) in [6.07, 6.45) is 1.42. The predicted molar refractivity (Wildman–Crippen MR) is 134 cm³/mol. The van der Waals surface area contributed by atoms with E-state index in [0.29, 0.717) is 32.9 Å². The van der Waals surface area contributed by atoms with E-state index in [1.807, 2.05) is 0 Å². The Labute approximate surface area is 217 Å². The molecule has 1 saturated heterocycles. The van der Waals surface area contributed by atoms with Crippen molar-refractivity contribution in [2.24, 2.45) is 0 Å². The number of amides is 2. The number of carbonyl (C=O) groups is 2. The first-order valence-electron chi connectivity index (χ1n) is 10.0. The topological polar surface area (TPSA) is 133 Å². The largest absolute Gasteiger partial charge is 0.449 e. The fraction of sp³-hybridized carbons (Fsp3) is 0.0435. The first kappa shape index (κ1) is 25.2. The van der Waals surface area contributed by atoms with Crippen LogP contribution in [0.3, 0.4) is 0 Å². The lowest BCUT2D eigenvalue weighted by atomic mass is 10.1. The summed E-state index contributed by atoms with van der Waals surface area (Å²) in [4.78, 5) is 47.6. The van der Waals surface area contributed by atoms with Crippen LogP contribution in [-0.4, -0.2) is 25.9 Å². The summed E-state index contributed by atoms with van der Waals surface area (Å²) < 4.78 is 5.70. The normalized spacial score (nSPS) is 14.4. The second-order valence-electron chi connectivity index (χ2n) is 7.27. The Bertz CT molecular complexity index is 1440. The molecule has 2 amide bonds. The van der Waals surface area contributed by atoms with Crippen molar-refractivity contribution in [3.8, 4) is 11.5 Å². The zero-order valence-electron chi connectivity index (χ0n) is 17.9. The van der Waals surface area contributed by atoms with E-state index in [-0.39, 0.29) is 22.9 Å². The Morgan fingerprint density at radius 3 is 2.28 bits per heavy atom. The average molecular weight is 546 g/mol. The number of benzene rings is 3. The number of rotatable bonds is 7. The third-order valence-electron chi connectivity index (χ3n) is 5.03. The molecule has 3 aromatic carbocycles. The number of non-ortho nitro benzene ring substituents is 1. The zero-order chi connectivity index (χ0) is 26.0. The fourth-order valence-corrected chi connectivity index (χ4v) is 4.62. The molecule has 0 aliphatic carbocycles. The molecule has 3 aromatic rings. The molecule has 4 rings (SSSR count). The molecule has 0 N–H and O–H groups in total. The van der Waals surface area contributed by atoms with Gasteiger partial charge in [0, 0.05) is 27.2 Å². The van der Waals surface area contributed by atoms with E-state index in [1.165, 1.54) is 12.1 Å². The zero-order valence-corrected chi connectivity index (χ0v) is 20.2. The van der Waals surface area contributed by atoms with Crippen LogP contribution in [0.5, 0.6) is 11.5 Å². The van der Waals surface area contributed by atoms with Crippen molar-refractivity contribution in [2.75, 3.05) is 0 Å². The molecule has 1 fully saturated rings. The summed E-state index contributed by atoms with van der Waals surface area (Å²) in [6, 6.07) is 14.2. The smallest absolute Gasteiger partial charge is 0.318 e. The Hall–Kier alpha value is -3.93. The number of para-hydroxylation sites is 1. The maximum atomic E-state index is 13.0. The highest BCUT2D eigenvalue weighted by Gasteiger charge is 2.36. The summed E-state index contributed by atoms with van der Waals surface area (Å²) in [6.45, 7) is -0.117. The van der Waals surface area contributed by atoms with E-state index in [0.717, 1.165) is 23.1 Å². The molecule has 0 spiro atoms. The fourth-order valence-electron chi connectivity index (χ4n) is 3.28. The molecule has 36 heavy (non-hydrogen) atoms. The number of carbonyl (C=O) groups excluding carboxylic acids is 2. The minimum Gasteiger partial charge on any atom is -0.449 e. The second-order valence-corrected chi connectivity index (χ2v) is 9.08. The van der Waals surface area contributed by atoms with Crippen molar-refractivity contribution < 1.29 is 24.2 Å². The molecule has 0 atom stereocenters. The lowest BCUT2D eigenvalue weighted by Gasteiger charge is -2.14. The number of nitro benzene ring substituents is 2. The van der Waals surface area contributed by atoms with Gasteiger partial charge in [-0.2, -0.15) is 0 Å². The lowest BCUT2D eigenvalue weighted by Crippen LogP contribution is -2.27. The van der Waals surface area contributed by atoms with Crippen LogP contribution in [-0.2, 0) is 11.3 Å². The highest BCUT2D eigenvalue weighted by atomic mass is 35.5. The van der Waals surface area contributed by atoms with E-state index in [1.54, 1.807) is 36.4 Å². The van der Waals surface area contributed by atoms with Crippen LogP contribution in [0.1, 0.15) is 11.1 Å². The number of nitro groups is 2. The van der Waals surface area contributed by atoms with Crippen molar-refractivity contribution >= 4 is 63.6 Å². The van der Waals surface area contributed by atoms with E-state index in [4.69, 9.17) is 27.9 Å². The number of thioether (sulfide) groups is 1. The molecule has 1 aliphatic rings. The number of halogens is 2. The minimum absolute atomic E-state index is 0.0948. The van der Waals surface area contributed by atoms with Crippen LogP contribution in [0.15, 0.2) is 65.6 Å². The van der Waals surface area contributed by atoms with Crippen LogP contribution in [0, 0.1) is 20.2 Å². The number of hydrogen-bond acceptors (Lipinski definition) is 8. The standard InChI is InChI=1S/C23H13Cl2N3O7S/c24-16-5-3-6-17(25)15(16)12-26-22(29)21(36-23(26)30)10-13-4-1-2-7-19(13)35-20-9-8-14(27(31)32)11-18(20)28(33)34/h1-11H,12H2/b21-10+. The second kappa shape index (κ2) is 10.4. The van der Waals surface area contributed by atoms with Crippen LogP contribution < -0.4 is 4.74 Å². The van der Waals surface area contributed by atoms with Gasteiger partial charge in [-0.15, -0.1) is 0 Å². The maximum Gasteiger partial charge on any atom is 0.318 e. The third kappa shape index (κ3) is 5.18. The molecule has 0 radical (unpaired) electrons. The van der Waals surface area contributed by atoms with Gasteiger partial charge in [0.1, 0.15) is 5.75 Å². The molecule has 0 bridgehead atoms. The van der Waals surface area contributed by atoms with Gasteiger partial charge < -0.3 is 4.74 Å². The van der Waals surface area contributed by atoms with Gasteiger partial charge in [-0.3, -0.25) is 34.7 Å². The number of hydrogen-bond donors (Lipinski definition) is 0. The molecule has 0 unspecified atom stereocenters. The van der Waals surface area contributed by atoms with Gasteiger partial charge in [-0.05, 0) is 42.1 Å². The van der Waals surface area contributed by atoms with Crippen molar-refractivity contribution in [1.29, 1.82) is 0 Å². The monoisotopic (exact) mass is 545 g/mol. The van der Waals surface area contributed by atoms with E-state index < -0.39 is 32.4 Å². The minimum atomic E-state index is -0.795. The third-order valence-corrected chi connectivity index (χ3v) is 6.64. The van der Waals surface area contributed by atoms with Crippen LogP contribution in [0.25, 0.3) is 6.08 Å². The van der Waals surface area contributed by atoms with Crippen molar-refractivity contribution in [2.45, 2.75) is 6.54 Å². The summed E-state index contributed by atoms with van der Waals surface area (Å²) in [7, 11) is 0. The molecule has 13 heteroatoms. The van der Waals surface area contributed by atoms with Crippen molar-refractivity contribution in [1.82, 2.24) is 4.90 Å². The van der Waals surface area contributed by atoms with Gasteiger partial charge in [0.15, 0.2) is 0 Å². The Balaban J connectivity index is 1.64. The summed E-state index contributed by atoms with van der Waals surface area (Å²) >= 11 is 13.1. The van der Waals surface area contributed by atoms with Gasteiger partial charge in [-0.1, -0.05) is 47.5 Å². The number of nitrogens with zero attached hydrogens (tertiary/aromatic N) is 3. The lowest BCUT2D eigenvalue weighted by molar-refractivity contribution is -0.394. The average Bonchev–Trinajstić information content (AvgIpc) is 3.09. The SMILES string of the molecule is O=C1S/C(=C/c2ccccc2Oc2ccc([N+](=O)[O-])cc2[N+](=O)[O-])C(=O)N1Cc1c(Cl)cccc1Cl. The number of ether oxygens (including phenoxy) is 1. The van der Waals surface area contributed by atoms with Crippen molar-refractivity contribution in [3.05, 3.63) is 107 Å². The van der Waals surface area contributed by atoms with Crippen molar-refractivity contribution in [3.63, 3.8) is 0 Å². The first-order chi connectivity index (χ1) is 17.2. The van der Waals surface area contributed by atoms with Gasteiger partial charge in [0.25, 0.3) is 16.8 Å².